The third-order valence-electron chi connectivity index (χ3n) is 4.84. The predicted octanol–water partition coefficient (Wildman–Crippen LogP) is 3.83. The van der Waals surface area contributed by atoms with Gasteiger partial charge in [-0.1, -0.05) is 6.08 Å². The minimum absolute atomic E-state index is 0.342. The van der Waals surface area contributed by atoms with Crippen molar-refractivity contribution in [1.29, 1.82) is 0 Å². The second kappa shape index (κ2) is 5.21. The van der Waals surface area contributed by atoms with Gasteiger partial charge in [-0.2, -0.15) is 0 Å². The monoisotopic (exact) mass is 343 g/mol. The van der Waals surface area contributed by atoms with Crippen LogP contribution in [0, 0.1) is 5.41 Å². The molecule has 0 aromatic carbocycles. The SMILES string of the molecule is COC1=CC23CC2(C=C1)C(O)=CCC(c1csc(NC(C)C)n1)=N3. The highest BCUT2D eigenvalue weighted by Gasteiger charge is 2.70. The van der Waals surface area contributed by atoms with Crippen molar-refractivity contribution < 1.29 is 9.84 Å². The fourth-order valence-electron chi connectivity index (χ4n) is 3.51. The minimum Gasteiger partial charge on any atom is -0.512 e. The molecule has 24 heavy (non-hydrogen) atoms. The zero-order valence-corrected chi connectivity index (χ0v) is 14.9. The number of aliphatic imine (C=N–C) groups is 1. The van der Waals surface area contributed by atoms with Crippen molar-refractivity contribution in [3.8, 4) is 0 Å². The van der Waals surface area contributed by atoms with Crippen LogP contribution in [0.4, 0.5) is 5.13 Å². The average Bonchev–Trinajstić information content (AvgIpc) is 3.05. The van der Waals surface area contributed by atoms with E-state index in [1.54, 1.807) is 18.4 Å². The lowest BCUT2D eigenvalue weighted by Crippen LogP contribution is -2.20. The number of thiazole rings is 1. The van der Waals surface area contributed by atoms with Crippen LogP contribution in [0.15, 0.2) is 46.2 Å². The van der Waals surface area contributed by atoms with Gasteiger partial charge in [-0.15, -0.1) is 11.3 Å². The van der Waals surface area contributed by atoms with Gasteiger partial charge in [0.25, 0.3) is 0 Å². The van der Waals surface area contributed by atoms with Crippen molar-refractivity contribution in [3.63, 3.8) is 0 Å². The van der Waals surface area contributed by atoms with Crippen molar-refractivity contribution in [2.24, 2.45) is 10.4 Å². The topological polar surface area (TPSA) is 66.7 Å². The molecule has 0 spiro atoms. The van der Waals surface area contributed by atoms with E-state index in [-0.39, 0.29) is 0 Å². The van der Waals surface area contributed by atoms with Crippen molar-refractivity contribution in [2.45, 2.75) is 38.3 Å². The standard InChI is InChI=1S/C18H21N3O2S/c1-11(2)19-16-20-14(9-24-16)13-4-5-15(22)17-7-6-12(23-3)8-18(17,10-17)21-13/h5-9,11,22H,4,10H2,1-3H3,(H,19,20). The lowest BCUT2D eigenvalue weighted by molar-refractivity contribution is 0.292. The normalized spacial score (nSPS) is 30.6. The molecule has 126 valence electrons. The number of allylic oxidation sites excluding steroid dienone is 2. The smallest absolute Gasteiger partial charge is 0.183 e. The molecule has 1 aromatic heterocycles. The van der Waals surface area contributed by atoms with Gasteiger partial charge in [-0.3, -0.25) is 4.99 Å². The molecule has 5 nitrogen and oxygen atoms in total. The Bertz CT molecular complexity index is 805. The van der Waals surface area contributed by atoms with Gasteiger partial charge >= 0.3 is 0 Å². The molecule has 0 radical (unpaired) electrons. The number of nitrogens with zero attached hydrogens (tertiary/aromatic N) is 2. The molecule has 2 unspecified atom stereocenters. The highest BCUT2D eigenvalue weighted by Crippen LogP contribution is 2.67. The number of methoxy groups -OCH3 is 1. The van der Waals surface area contributed by atoms with Crippen LogP contribution in [0.3, 0.4) is 0 Å². The van der Waals surface area contributed by atoms with Gasteiger partial charge in [0, 0.05) is 17.8 Å². The Morgan fingerprint density at radius 2 is 2.25 bits per heavy atom. The second-order valence-corrected chi connectivity index (χ2v) is 7.70. The number of aliphatic hydroxyl groups excluding tert-OH is 1. The summed E-state index contributed by atoms with van der Waals surface area (Å²) in [4.78, 5) is 9.68. The zero-order valence-electron chi connectivity index (χ0n) is 14.0. The van der Waals surface area contributed by atoms with Crippen molar-refractivity contribution in [1.82, 2.24) is 4.98 Å². The maximum absolute atomic E-state index is 10.6. The van der Waals surface area contributed by atoms with Crippen LogP contribution in [-0.4, -0.2) is 34.5 Å². The van der Waals surface area contributed by atoms with Crippen molar-refractivity contribution in [3.05, 3.63) is 46.9 Å². The Balaban J connectivity index is 1.72. The maximum Gasteiger partial charge on any atom is 0.183 e. The first kappa shape index (κ1) is 15.4. The predicted molar refractivity (Wildman–Crippen MR) is 96.8 cm³/mol. The Labute approximate surface area is 145 Å². The summed E-state index contributed by atoms with van der Waals surface area (Å²) in [5, 5.41) is 16.8. The molecule has 0 amide bonds. The number of nitrogens with one attached hydrogen (secondary N) is 1. The Hall–Kier alpha value is -2.08. The first-order chi connectivity index (χ1) is 11.5. The molecule has 2 atom stereocenters. The summed E-state index contributed by atoms with van der Waals surface area (Å²) in [6.07, 6.45) is 9.21. The van der Waals surface area contributed by atoms with Gasteiger partial charge < -0.3 is 15.2 Å². The molecule has 1 aromatic rings. The molecule has 0 bridgehead atoms. The summed E-state index contributed by atoms with van der Waals surface area (Å²) in [7, 11) is 1.66. The fourth-order valence-corrected chi connectivity index (χ4v) is 4.38. The van der Waals surface area contributed by atoms with Crippen LogP contribution in [-0.2, 0) is 4.74 Å². The van der Waals surface area contributed by atoms with E-state index in [2.05, 4.69) is 24.1 Å². The van der Waals surface area contributed by atoms with Gasteiger partial charge in [-0.05, 0) is 38.5 Å². The summed E-state index contributed by atoms with van der Waals surface area (Å²) in [6.45, 7) is 4.18. The fraction of sp³-hybridized carbons (Fsp3) is 0.444. The summed E-state index contributed by atoms with van der Waals surface area (Å²) in [6, 6.07) is 0.342. The van der Waals surface area contributed by atoms with E-state index in [0.29, 0.717) is 18.2 Å². The van der Waals surface area contributed by atoms with E-state index < -0.39 is 11.0 Å². The molecule has 1 fully saturated rings. The van der Waals surface area contributed by atoms with E-state index in [9.17, 15) is 5.11 Å². The van der Waals surface area contributed by atoms with Crippen LogP contribution in [0.25, 0.3) is 0 Å². The number of hydrogen-bond donors (Lipinski definition) is 2. The first-order valence-electron chi connectivity index (χ1n) is 8.15. The highest BCUT2D eigenvalue weighted by molar-refractivity contribution is 7.13. The van der Waals surface area contributed by atoms with Gasteiger partial charge in [0.1, 0.15) is 17.1 Å². The van der Waals surface area contributed by atoms with Crippen molar-refractivity contribution in [2.75, 3.05) is 12.4 Å². The third kappa shape index (κ3) is 2.20. The van der Waals surface area contributed by atoms with Crippen molar-refractivity contribution >= 4 is 22.2 Å². The third-order valence-corrected chi connectivity index (χ3v) is 5.61. The molecule has 6 heteroatoms. The molecule has 2 aliphatic carbocycles. The molecule has 2 heterocycles. The van der Waals surface area contributed by atoms with Crippen LogP contribution >= 0.6 is 11.3 Å². The quantitative estimate of drug-likeness (QED) is 0.872. The maximum atomic E-state index is 10.6. The summed E-state index contributed by atoms with van der Waals surface area (Å²) in [5.41, 5.74) is 0.961. The number of ether oxygens (including phenoxy) is 1. The Morgan fingerprint density at radius 1 is 1.42 bits per heavy atom. The summed E-state index contributed by atoms with van der Waals surface area (Å²) < 4.78 is 5.37. The molecule has 3 aliphatic rings. The van der Waals surface area contributed by atoms with E-state index >= 15 is 0 Å². The van der Waals surface area contributed by atoms with E-state index in [0.717, 1.165) is 28.7 Å². The molecule has 1 aliphatic heterocycles. The van der Waals surface area contributed by atoms with Gasteiger partial charge in [-0.25, -0.2) is 4.98 Å². The number of anilines is 1. The van der Waals surface area contributed by atoms with Gasteiger partial charge in [0.05, 0.1) is 23.9 Å². The lowest BCUT2D eigenvalue weighted by atomic mass is 9.92. The molecule has 2 N–H and O–H groups in total. The largest absolute Gasteiger partial charge is 0.512 e. The number of aromatic nitrogens is 1. The van der Waals surface area contributed by atoms with Crippen LogP contribution in [0.2, 0.25) is 0 Å². The second-order valence-electron chi connectivity index (χ2n) is 6.85. The van der Waals surface area contributed by atoms with Gasteiger partial charge in [0.15, 0.2) is 5.13 Å². The zero-order chi connectivity index (χ0) is 16.9. The number of aliphatic hydroxyl groups is 1. The van der Waals surface area contributed by atoms with Crippen LogP contribution in [0.5, 0.6) is 0 Å². The molecular formula is C18H21N3O2S. The summed E-state index contributed by atoms with van der Waals surface area (Å²) in [5.74, 6) is 1.20. The minimum atomic E-state index is -0.436. The highest BCUT2D eigenvalue weighted by atomic mass is 32.1. The van der Waals surface area contributed by atoms with E-state index in [1.807, 2.05) is 29.7 Å². The first-order valence-corrected chi connectivity index (χ1v) is 9.03. The number of rotatable bonds is 4. The lowest BCUT2D eigenvalue weighted by Gasteiger charge is -2.20. The van der Waals surface area contributed by atoms with E-state index in [4.69, 9.17) is 9.73 Å². The summed E-state index contributed by atoms with van der Waals surface area (Å²) >= 11 is 1.58. The molecule has 1 saturated carbocycles. The molecular weight excluding hydrogens is 322 g/mol. The molecule has 0 saturated heterocycles. The van der Waals surface area contributed by atoms with Crippen LogP contribution in [0.1, 0.15) is 32.4 Å². The number of hydrogen-bond acceptors (Lipinski definition) is 6. The Morgan fingerprint density at radius 3 is 3.00 bits per heavy atom. The van der Waals surface area contributed by atoms with E-state index in [1.165, 1.54) is 0 Å². The van der Waals surface area contributed by atoms with Crippen LogP contribution < -0.4 is 5.32 Å². The Kier molecular flexibility index (Phi) is 3.35. The molecule has 4 rings (SSSR count). The van der Waals surface area contributed by atoms with Gasteiger partial charge in [0.2, 0.25) is 0 Å². The average molecular weight is 343 g/mol.